The van der Waals surface area contributed by atoms with Gasteiger partial charge in [0.05, 0.1) is 57.9 Å². The summed E-state index contributed by atoms with van der Waals surface area (Å²) in [5.41, 5.74) is 3.29. The molecule has 4 aromatic rings. The minimum atomic E-state index is -1.11. The molecule has 2 aliphatic carbocycles. The minimum Gasteiger partial charge on any atom is -0.477 e. The van der Waals surface area contributed by atoms with Crippen LogP contribution in [-0.4, -0.2) is 153 Å². The van der Waals surface area contributed by atoms with E-state index in [1.54, 1.807) is 52.9 Å². The molecule has 3 saturated heterocycles. The van der Waals surface area contributed by atoms with E-state index in [1.807, 2.05) is 95.2 Å². The molecule has 105 heavy (non-hydrogen) atoms. The van der Waals surface area contributed by atoms with Crippen LogP contribution in [0.4, 0.5) is 17.1 Å². The van der Waals surface area contributed by atoms with Crippen LogP contribution in [0, 0.1) is 80.9 Å². The molecule has 0 spiro atoms. The van der Waals surface area contributed by atoms with Crippen LogP contribution in [-0.2, 0) is 38.2 Å². The monoisotopic (exact) mass is 1570 g/mol. The number of hydrogen-bond acceptors (Lipinski definition) is 17. The zero-order valence-corrected chi connectivity index (χ0v) is 69.4. The molecule has 2 N–H and O–H groups in total. The molecule has 3 aliphatic heterocycles. The van der Waals surface area contributed by atoms with E-state index in [0.717, 1.165) is 77.1 Å². The molecular weight excluding hydrogens is 1470 g/mol. The molecule has 9 rings (SSSR count). The summed E-state index contributed by atoms with van der Waals surface area (Å²) >= 11 is 8.22. The summed E-state index contributed by atoms with van der Waals surface area (Å²) in [4.78, 5) is 127. The number of anilines is 3. The van der Waals surface area contributed by atoms with Gasteiger partial charge in [0.25, 0.3) is 0 Å². The highest BCUT2D eigenvalue weighted by molar-refractivity contribution is 9.10. The van der Waals surface area contributed by atoms with Gasteiger partial charge in [0.2, 0.25) is 29.5 Å². The first-order chi connectivity index (χ1) is 49.0. The van der Waals surface area contributed by atoms with Crippen molar-refractivity contribution in [3.8, 4) is 47.4 Å². The number of halogens is 1. The number of esters is 3. The third kappa shape index (κ3) is 25.1. The van der Waals surface area contributed by atoms with Crippen LogP contribution in [0.2, 0.25) is 0 Å². The average molecular weight is 1580 g/mol. The Kier molecular flexibility index (Phi) is 30.7. The molecule has 0 aromatic carbocycles. The molecule has 566 valence electrons. The second-order valence-electron chi connectivity index (χ2n) is 31.0. The largest absolute Gasteiger partial charge is 0.477 e. The number of carboxylic acids is 1. The van der Waals surface area contributed by atoms with Gasteiger partial charge in [-0.2, -0.15) is 0 Å². The molecule has 7 heterocycles. The van der Waals surface area contributed by atoms with Gasteiger partial charge >= 0.3 is 23.9 Å². The van der Waals surface area contributed by atoms with Crippen LogP contribution in [0.3, 0.4) is 0 Å². The van der Waals surface area contributed by atoms with E-state index >= 15 is 0 Å². The summed E-state index contributed by atoms with van der Waals surface area (Å²) < 4.78 is 15.3. The third-order valence-corrected chi connectivity index (χ3v) is 22.2. The molecule has 24 heteroatoms. The number of hydrogen-bond donors (Lipinski definition) is 2. The number of likely N-dealkylation sites (tertiary alicyclic amines) is 3. The summed E-state index contributed by atoms with van der Waals surface area (Å²) in [7, 11) is 9.34. The quantitative estimate of drug-likeness (QED) is 0.0582. The predicted octanol–water partition coefficient (Wildman–Crippen LogP) is 15.8. The fourth-order valence-electron chi connectivity index (χ4n) is 11.6. The lowest BCUT2D eigenvalue weighted by atomic mass is 9.88. The molecule has 3 fully saturated rings. The standard InChI is InChI=1S/C26H34N2O4S.C25H32N2O4S.C18H24N2O3S.C12H13BrO2S/c1-17-9-11-18(12-10-17)23(29)28(20-8-7-15-27(5)24(20)30)21-16-19(13-14-26(2,3)4)33-22(21)25(31)32-6;1-16-8-10-17(11-9-16)22(28)27(19-7-6-14-26(5)23(19)29)20-15-18(12-13-25(2,3)4)32-21(20)24(30)31;1-18(2,3)9-8-12-11-14(15(24-12)17(22)23-5)19-13-7-6-10-20(4)16(13)21;1-12(2,3)6-5-8-7-9(13)10(16-8)11(14)15-4/h9,16,18,20H,7-8,10-12,15H2,1-6H3;8,15,17,19H,6-7,9-11,14H2,1-5H3,(H,30,31);11,13,19H,6-7,10H2,1-5H3;7H,1-4H3/t18?,20-;17?,19-;13-;/m000./s1. The number of carboxylic acid groups (broad SMARTS) is 1. The number of allylic oxidation sites excluding steroid dienone is 4. The van der Waals surface area contributed by atoms with Crippen LogP contribution in [0.15, 0.2) is 52.0 Å². The number of rotatable bonds is 12. The fourth-order valence-corrected chi connectivity index (χ4v) is 15.9. The smallest absolute Gasteiger partial charge is 0.350 e. The normalized spacial score (nSPS) is 18.9. The second-order valence-corrected chi connectivity index (χ2v) is 36.0. The van der Waals surface area contributed by atoms with Gasteiger partial charge in [-0.1, -0.05) is 70.7 Å². The maximum absolute atomic E-state index is 13.9. The Morgan fingerprint density at radius 1 is 0.495 bits per heavy atom. The molecule has 4 aromatic heterocycles. The highest BCUT2D eigenvalue weighted by Gasteiger charge is 2.43. The van der Waals surface area contributed by atoms with Crippen molar-refractivity contribution < 1.29 is 62.5 Å². The van der Waals surface area contributed by atoms with E-state index < -0.39 is 30.0 Å². The molecule has 0 radical (unpaired) electrons. The van der Waals surface area contributed by atoms with Crippen molar-refractivity contribution >= 4 is 132 Å². The SMILES string of the molecule is CC1=CCC(C(=O)N(c2cc(C#CC(C)(C)C)sc2C(=O)O)[C@H]2CCCN(C)C2=O)CC1.COC(=O)c1sc(C#CC(C)(C)C)cc1Br.COC(=O)c1sc(C#CC(C)(C)C)cc1N(C(=O)C1CC=C(C)CC1)[C@H]1CCCN(C)C1=O.COC(=O)c1sc(C#CC(C)(C)C)cc1N[C@H]1CCCN(C)C1=O. The molecule has 2 unspecified atom stereocenters. The van der Waals surface area contributed by atoms with Crippen LogP contribution in [0.1, 0.15) is 232 Å². The van der Waals surface area contributed by atoms with Gasteiger partial charge in [-0.05, 0) is 214 Å². The number of methoxy groups -OCH3 is 3. The van der Waals surface area contributed by atoms with E-state index in [-0.39, 0.29) is 79.9 Å². The summed E-state index contributed by atoms with van der Waals surface area (Å²) in [6.07, 6.45) is 12.9. The summed E-state index contributed by atoms with van der Waals surface area (Å²) in [5, 5.41) is 13.1. The Balaban J connectivity index is 0.000000226. The predicted molar refractivity (Wildman–Crippen MR) is 424 cm³/mol. The number of aromatic carboxylic acids is 1. The Labute approximate surface area is 645 Å². The first-order valence-electron chi connectivity index (χ1n) is 35.3. The summed E-state index contributed by atoms with van der Waals surface area (Å²) in [6, 6.07) is 5.49. The number of piperidine rings is 3. The van der Waals surface area contributed by atoms with Gasteiger partial charge in [0.15, 0.2) is 0 Å². The first-order valence-corrected chi connectivity index (χ1v) is 39.4. The Morgan fingerprint density at radius 3 is 1.23 bits per heavy atom. The molecular formula is C81H103BrN6O13S4. The number of ether oxygens (including phenoxy) is 3. The zero-order valence-electron chi connectivity index (χ0n) is 64.6. The van der Waals surface area contributed by atoms with Gasteiger partial charge in [0.1, 0.15) is 37.6 Å². The van der Waals surface area contributed by atoms with Gasteiger partial charge in [-0.3, -0.25) is 33.8 Å². The maximum atomic E-state index is 13.9. The molecule has 19 nitrogen and oxygen atoms in total. The van der Waals surface area contributed by atoms with Crippen molar-refractivity contribution in [3.05, 3.63) is 91.1 Å². The molecule has 5 aliphatic rings. The van der Waals surface area contributed by atoms with Crippen molar-refractivity contribution in [1.82, 2.24) is 14.7 Å². The summed E-state index contributed by atoms with van der Waals surface area (Å²) in [5.74, 6) is 21.7. The lowest BCUT2D eigenvalue weighted by Gasteiger charge is -2.38. The van der Waals surface area contributed by atoms with Crippen LogP contribution in [0.25, 0.3) is 0 Å². The summed E-state index contributed by atoms with van der Waals surface area (Å²) in [6.45, 7) is 30.4. The van der Waals surface area contributed by atoms with Crippen molar-refractivity contribution in [2.24, 2.45) is 33.5 Å². The zero-order chi connectivity index (χ0) is 78.2. The van der Waals surface area contributed by atoms with Crippen LogP contribution in [0.5, 0.6) is 0 Å². The Morgan fingerprint density at radius 2 is 0.838 bits per heavy atom. The minimum absolute atomic E-state index is 0.0398. The van der Waals surface area contributed by atoms with E-state index in [0.29, 0.717) is 86.6 Å². The number of amides is 5. The number of nitrogens with one attached hydrogen (secondary N) is 1. The Hall–Kier alpha value is -7.97. The van der Waals surface area contributed by atoms with Gasteiger partial charge < -0.3 is 39.3 Å². The van der Waals surface area contributed by atoms with Crippen LogP contribution >= 0.6 is 61.3 Å². The number of carbonyl (C=O) groups is 9. The molecule has 0 saturated carbocycles. The molecule has 0 bridgehead atoms. The Bertz CT molecular complexity index is 4230. The van der Waals surface area contributed by atoms with Gasteiger partial charge in [-0.25, -0.2) is 19.2 Å². The average Bonchev–Trinajstić information content (AvgIpc) is 1.74. The first kappa shape index (κ1) is 86.0. The maximum Gasteiger partial charge on any atom is 0.350 e. The van der Waals surface area contributed by atoms with E-state index in [9.17, 15) is 48.3 Å². The highest BCUT2D eigenvalue weighted by atomic mass is 79.9. The van der Waals surface area contributed by atoms with Gasteiger partial charge in [-0.15, -0.1) is 45.3 Å². The number of likely N-dealkylation sites (N-methyl/N-ethyl adjacent to an activating group) is 3. The number of thiophene rings is 4. The lowest BCUT2D eigenvalue weighted by molar-refractivity contribution is -0.136. The number of nitrogens with zero attached hydrogens (tertiary/aromatic N) is 5. The van der Waals surface area contributed by atoms with Crippen molar-refractivity contribution in [2.75, 3.05) is 77.2 Å². The van der Waals surface area contributed by atoms with E-state index in [2.05, 4.69) is 99.3 Å². The van der Waals surface area contributed by atoms with Crippen molar-refractivity contribution in [3.63, 3.8) is 0 Å². The topological polar surface area (TPSA) is 230 Å². The van der Waals surface area contributed by atoms with Crippen LogP contribution < -0.4 is 15.1 Å². The molecule has 5 amide bonds. The van der Waals surface area contributed by atoms with Gasteiger partial charge in [0, 0.05) is 78.7 Å². The van der Waals surface area contributed by atoms with E-state index in [1.165, 1.54) is 71.4 Å². The highest BCUT2D eigenvalue weighted by Crippen LogP contribution is 2.40. The lowest BCUT2D eigenvalue weighted by Crippen LogP contribution is -2.55. The van der Waals surface area contributed by atoms with Crippen molar-refractivity contribution in [2.45, 2.75) is 192 Å². The van der Waals surface area contributed by atoms with Crippen molar-refractivity contribution in [1.29, 1.82) is 0 Å². The fraction of sp³-hybridized carbons (Fsp3) is 0.543. The van der Waals surface area contributed by atoms with E-state index in [4.69, 9.17) is 9.47 Å². The molecule has 5 atom stereocenters. The number of carbonyl (C=O) groups excluding carboxylic acids is 8. The third-order valence-electron chi connectivity index (χ3n) is 17.2. The second kappa shape index (κ2) is 37.5.